The minimum absolute atomic E-state index is 0.369. The van der Waals surface area contributed by atoms with Crippen LogP contribution in [0.2, 0.25) is 0 Å². The number of nitrogens with zero attached hydrogens (tertiary/aromatic N) is 1. The van der Waals surface area contributed by atoms with Gasteiger partial charge >= 0.3 is 0 Å². The van der Waals surface area contributed by atoms with Crippen LogP contribution in [0, 0.1) is 11.8 Å². The Hall–Kier alpha value is -0.0800. The van der Waals surface area contributed by atoms with Crippen molar-refractivity contribution in [2.45, 2.75) is 90.6 Å². The Balaban J connectivity index is 2.00. The molecule has 0 aromatic rings. The third-order valence-corrected chi connectivity index (χ3v) is 6.54. The van der Waals surface area contributed by atoms with Crippen LogP contribution >= 0.6 is 0 Å². The Morgan fingerprint density at radius 1 is 1.10 bits per heavy atom. The van der Waals surface area contributed by atoms with Crippen molar-refractivity contribution in [3.8, 4) is 0 Å². The molecule has 2 nitrogen and oxygen atoms in total. The van der Waals surface area contributed by atoms with Crippen molar-refractivity contribution in [1.82, 2.24) is 10.2 Å². The second kappa shape index (κ2) is 7.97. The smallest absolute Gasteiger partial charge is 0.0304 e. The Kier molecular flexibility index (Phi) is 6.55. The van der Waals surface area contributed by atoms with E-state index in [1.54, 1.807) is 0 Å². The molecule has 2 fully saturated rings. The van der Waals surface area contributed by atoms with E-state index in [1.807, 2.05) is 0 Å². The van der Waals surface area contributed by atoms with Crippen molar-refractivity contribution < 1.29 is 0 Å². The van der Waals surface area contributed by atoms with Gasteiger partial charge in [0.2, 0.25) is 0 Å². The molecule has 0 radical (unpaired) electrons. The first-order chi connectivity index (χ1) is 10.1. The van der Waals surface area contributed by atoms with E-state index in [4.69, 9.17) is 0 Å². The Bertz CT molecular complexity index is 294. The molecule has 0 spiro atoms. The third kappa shape index (κ3) is 4.22. The molecule has 1 saturated carbocycles. The van der Waals surface area contributed by atoms with Crippen molar-refractivity contribution in [3.63, 3.8) is 0 Å². The molecule has 2 atom stereocenters. The van der Waals surface area contributed by atoms with Gasteiger partial charge in [-0.05, 0) is 38.0 Å². The number of nitrogens with one attached hydrogen (secondary N) is 1. The van der Waals surface area contributed by atoms with Crippen molar-refractivity contribution in [2.24, 2.45) is 11.8 Å². The van der Waals surface area contributed by atoms with E-state index < -0.39 is 0 Å². The molecule has 0 aromatic carbocycles. The van der Waals surface area contributed by atoms with E-state index in [9.17, 15) is 0 Å². The van der Waals surface area contributed by atoms with Gasteiger partial charge in [-0.2, -0.15) is 0 Å². The second-order valence-corrected chi connectivity index (χ2v) is 7.82. The topological polar surface area (TPSA) is 15.3 Å². The van der Waals surface area contributed by atoms with Gasteiger partial charge in [0.1, 0.15) is 0 Å². The summed E-state index contributed by atoms with van der Waals surface area (Å²) in [6.07, 6.45) is 11.2. The monoisotopic (exact) mass is 294 g/mol. The minimum atomic E-state index is 0.369. The maximum Gasteiger partial charge on any atom is 0.0304 e. The van der Waals surface area contributed by atoms with Gasteiger partial charge in [-0.3, -0.25) is 4.90 Å². The summed E-state index contributed by atoms with van der Waals surface area (Å²) in [4.78, 5) is 2.85. The normalized spacial score (nSPS) is 32.7. The van der Waals surface area contributed by atoms with Crippen LogP contribution in [0.5, 0.6) is 0 Å². The number of rotatable bonds is 6. The minimum Gasteiger partial charge on any atom is -0.311 e. The van der Waals surface area contributed by atoms with Gasteiger partial charge in [0.05, 0.1) is 0 Å². The summed E-state index contributed by atoms with van der Waals surface area (Å²) in [5.74, 6) is 1.81. The van der Waals surface area contributed by atoms with E-state index in [0.29, 0.717) is 5.54 Å². The fourth-order valence-corrected chi connectivity index (χ4v) is 4.34. The summed E-state index contributed by atoms with van der Waals surface area (Å²) < 4.78 is 0. The predicted octanol–water partition coefficient (Wildman–Crippen LogP) is 4.45. The summed E-state index contributed by atoms with van der Waals surface area (Å²) >= 11 is 0. The van der Waals surface area contributed by atoms with Crippen LogP contribution in [0.15, 0.2) is 0 Å². The number of hydrogen-bond acceptors (Lipinski definition) is 2. The molecule has 1 saturated heterocycles. The van der Waals surface area contributed by atoms with E-state index in [1.165, 1.54) is 71.0 Å². The van der Waals surface area contributed by atoms with Crippen LogP contribution in [-0.2, 0) is 0 Å². The van der Waals surface area contributed by atoms with Crippen molar-refractivity contribution >= 4 is 0 Å². The molecule has 124 valence electrons. The highest BCUT2D eigenvalue weighted by molar-refractivity contribution is 4.97. The highest BCUT2D eigenvalue weighted by atomic mass is 15.3. The molecule has 2 rings (SSSR count). The molecule has 0 amide bonds. The highest BCUT2D eigenvalue weighted by Crippen LogP contribution is 2.32. The average molecular weight is 295 g/mol. The summed E-state index contributed by atoms with van der Waals surface area (Å²) in [6.45, 7) is 13.3. The van der Waals surface area contributed by atoms with Crippen LogP contribution in [0.1, 0.15) is 79.1 Å². The molecular weight excluding hydrogens is 256 g/mol. The fourth-order valence-electron chi connectivity index (χ4n) is 4.34. The van der Waals surface area contributed by atoms with E-state index in [0.717, 1.165) is 17.9 Å². The van der Waals surface area contributed by atoms with Crippen LogP contribution in [0.4, 0.5) is 0 Å². The van der Waals surface area contributed by atoms with E-state index in [-0.39, 0.29) is 0 Å². The van der Waals surface area contributed by atoms with E-state index in [2.05, 4.69) is 37.9 Å². The largest absolute Gasteiger partial charge is 0.311 e. The van der Waals surface area contributed by atoms with Gasteiger partial charge in [-0.25, -0.2) is 0 Å². The summed E-state index contributed by atoms with van der Waals surface area (Å²) in [7, 11) is 0. The van der Waals surface area contributed by atoms with Crippen molar-refractivity contribution in [3.05, 3.63) is 0 Å². The Labute approximate surface area is 133 Å². The lowest BCUT2D eigenvalue weighted by Gasteiger charge is -2.51. The Morgan fingerprint density at radius 2 is 1.76 bits per heavy atom. The lowest BCUT2D eigenvalue weighted by atomic mass is 9.80. The molecule has 21 heavy (non-hydrogen) atoms. The number of hydrogen-bond donors (Lipinski definition) is 1. The van der Waals surface area contributed by atoms with Gasteiger partial charge in [0.15, 0.2) is 0 Å². The van der Waals surface area contributed by atoms with Gasteiger partial charge in [0.25, 0.3) is 0 Å². The first kappa shape index (κ1) is 17.3. The molecule has 0 bridgehead atoms. The maximum atomic E-state index is 3.93. The molecular formula is C19H38N2. The maximum absolute atomic E-state index is 3.93. The standard InChI is InChI=1S/C19H38N2/c1-5-16(6-2)13-21-14-18(17-11-9-8-10-12-17)20-15-19(21,4)7-3/h16-18,20H,5-15H2,1-4H3. The van der Waals surface area contributed by atoms with Gasteiger partial charge in [0, 0.05) is 31.2 Å². The van der Waals surface area contributed by atoms with Crippen LogP contribution in [-0.4, -0.2) is 36.1 Å². The average Bonchev–Trinajstić information content (AvgIpc) is 2.55. The molecule has 1 N–H and O–H groups in total. The van der Waals surface area contributed by atoms with Gasteiger partial charge in [-0.15, -0.1) is 0 Å². The molecule has 1 aliphatic carbocycles. The van der Waals surface area contributed by atoms with Crippen molar-refractivity contribution in [1.29, 1.82) is 0 Å². The first-order valence-electron chi connectivity index (χ1n) is 9.61. The molecule has 0 aromatic heterocycles. The third-order valence-electron chi connectivity index (χ3n) is 6.54. The summed E-state index contributed by atoms with van der Waals surface area (Å²) in [5, 5.41) is 3.93. The number of piperazine rings is 1. The molecule has 2 heteroatoms. The zero-order valence-corrected chi connectivity index (χ0v) is 15.0. The van der Waals surface area contributed by atoms with Crippen LogP contribution in [0.3, 0.4) is 0 Å². The lowest BCUT2D eigenvalue weighted by molar-refractivity contribution is 0.0166. The highest BCUT2D eigenvalue weighted by Gasteiger charge is 2.39. The fraction of sp³-hybridized carbons (Fsp3) is 1.00. The molecule has 2 unspecified atom stereocenters. The van der Waals surface area contributed by atoms with Crippen LogP contribution < -0.4 is 5.32 Å². The molecule has 1 heterocycles. The lowest BCUT2D eigenvalue weighted by Crippen LogP contribution is -2.65. The molecule has 1 aliphatic heterocycles. The van der Waals surface area contributed by atoms with Crippen LogP contribution in [0.25, 0.3) is 0 Å². The van der Waals surface area contributed by atoms with Crippen molar-refractivity contribution in [2.75, 3.05) is 19.6 Å². The second-order valence-electron chi connectivity index (χ2n) is 7.82. The quantitative estimate of drug-likeness (QED) is 0.779. The zero-order valence-electron chi connectivity index (χ0n) is 15.0. The molecule has 2 aliphatic rings. The predicted molar refractivity (Wildman–Crippen MR) is 92.7 cm³/mol. The Morgan fingerprint density at radius 3 is 2.33 bits per heavy atom. The SMILES string of the molecule is CCC(CC)CN1CC(C2CCCCC2)NCC1(C)CC. The van der Waals surface area contributed by atoms with Gasteiger partial charge < -0.3 is 5.32 Å². The summed E-state index contributed by atoms with van der Waals surface area (Å²) in [6, 6.07) is 0.749. The summed E-state index contributed by atoms with van der Waals surface area (Å²) in [5.41, 5.74) is 0.369. The first-order valence-corrected chi connectivity index (χ1v) is 9.61. The zero-order chi connectivity index (χ0) is 15.3. The van der Waals surface area contributed by atoms with Gasteiger partial charge in [-0.1, -0.05) is 52.9 Å². The van der Waals surface area contributed by atoms with E-state index >= 15 is 0 Å².